The van der Waals surface area contributed by atoms with Crippen molar-refractivity contribution in [3.05, 3.63) is 63.6 Å². The van der Waals surface area contributed by atoms with Gasteiger partial charge in [0.1, 0.15) is 5.75 Å². The number of halogens is 3. The van der Waals surface area contributed by atoms with Crippen LogP contribution in [0.15, 0.2) is 42.5 Å². The second-order valence-corrected chi connectivity index (χ2v) is 6.13. The third-order valence-electron chi connectivity index (χ3n) is 2.87. The van der Waals surface area contributed by atoms with E-state index in [1.165, 1.54) is 5.56 Å². The van der Waals surface area contributed by atoms with Gasteiger partial charge in [0, 0.05) is 14.9 Å². The molecule has 1 atom stereocenters. The monoisotopic (exact) mass is 358 g/mol. The third kappa shape index (κ3) is 3.88. The average Bonchev–Trinajstić information content (AvgIpc) is 2.42. The van der Waals surface area contributed by atoms with E-state index in [2.05, 4.69) is 15.9 Å². The Kier molecular flexibility index (Phi) is 5.14. The molecular formula is C15H13BrCl2O. The van der Waals surface area contributed by atoms with E-state index < -0.39 is 0 Å². The van der Waals surface area contributed by atoms with Gasteiger partial charge in [-0.05, 0) is 47.9 Å². The summed E-state index contributed by atoms with van der Waals surface area (Å²) >= 11 is 15.9. The van der Waals surface area contributed by atoms with E-state index in [0.717, 1.165) is 22.8 Å². The topological polar surface area (TPSA) is 9.23 Å². The van der Waals surface area contributed by atoms with Gasteiger partial charge in [-0.3, -0.25) is 0 Å². The first kappa shape index (κ1) is 14.7. The molecule has 0 fully saturated rings. The highest BCUT2D eigenvalue weighted by Crippen LogP contribution is 2.34. The maximum atomic E-state index is 6.20. The van der Waals surface area contributed by atoms with Gasteiger partial charge in [0.25, 0.3) is 0 Å². The van der Waals surface area contributed by atoms with Crippen LogP contribution in [0.5, 0.6) is 5.75 Å². The number of rotatable bonds is 4. The van der Waals surface area contributed by atoms with E-state index in [1.807, 2.05) is 36.4 Å². The number of hydrogen-bond acceptors (Lipinski definition) is 1. The quantitative estimate of drug-likeness (QED) is 0.638. The lowest BCUT2D eigenvalue weighted by Gasteiger charge is -2.13. The predicted molar refractivity (Wildman–Crippen MR) is 84.8 cm³/mol. The van der Waals surface area contributed by atoms with E-state index in [0.29, 0.717) is 5.02 Å². The number of ether oxygens (including phenoxy) is 1. The first-order chi connectivity index (χ1) is 9.10. The molecule has 0 aromatic heterocycles. The molecule has 0 aliphatic carbocycles. The van der Waals surface area contributed by atoms with Gasteiger partial charge in [0.05, 0.1) is 7.11 Å². The average molecular weight is 360 g/mol. The molecule has 2 aromatic carbocycles. The molecule has 1 nitrogen and oxygen atoms in total. The molecule has 0 aliphatic rings. The van der Waals surface area contributed by atoms with Crippen LogP contribution in [0.1, 0.15) is 16.0 Å². The van der Waals surface area contributed by atoms with Gasteiger partial charge in [-0.1, -0.05) is 51.3 Å². The predicted octanol–water partition coefficient (Wildman–Crippen LogP) is 5.68. The third-order valence-corrected chi connectivity index (χ3v) is 4.27. The van der Waals surface area contributed by atoms with Crippen LogP contribution in [0.25, 0.3) is 0 Å². The molecule has 0 aliphatic heterocycles. The second-order valence-electron chi connectivity index (χ2n) is 4.19. The molecule has 0 bridgehead atoms. The summed E-state index contributed by atoms with van der Waals surface area (Å²) in [4.78, 5) is 0.132. The maximum Gasteiger partial charge on any atom is 0.118 e. The minimum Gasteiger partial charge on any atom is -0.497 e. The lowest BCUT2D eigenvalue weighted by atomic mass is 10.0. The Bertz CT molecular complexity index is 555. The lowest BCUT2D eigenvalue weighted by molar-refractivity contribution is 0.414. The van der Waals surface area contributed by atoms with E-state index >= 15 is 0 Å². The van der Waals surface area contributed by atoms with E-state index in [4.69, 9.17) is 27.9 Å². The van der Waals surface area contributed by atoms with Crippen LogP contribution in [-0.2, 0) is 6.42 Å². The molecule has 0 heterocycles. The molecule has 2 aromatic rings. The van der Waals surface area contributed by atoms with Crippen LogP contribution in [-0.4, -0.2) is 7.11 Å². The highest BCUT2D eigenvalue weighted by Gasteiger charge is 2.13. The van der Waals surface area contributed by atoms with Crippen LogP contribution in [0.3, 0.4) is 0 Å². The van der Waals surface area contributed by atoms with E-state index in [9.17, 15) is 0 Å². The fourth-order valence-electron chi connectivity index (χ4n) is 1.83. The molecule has 100 valence electrons. The molecule has 2 rings (SSSR count). The summed E-state index contributed by atoms with van der Waals surface area (Å²) in [6.45, 7) is 0. The zero-order valence-electron chi connectivity index (χ0n) is 10.4. The largest absolute Gasteiger partial charge is 0.497 e. The molecule has 0 amide bonds. The normalized spacial score (nSPS) is 12.2. The van der Waals surface area contributed by atoms with Gasteiger partial charge in [0.15, 0.2) is 0 Å². The fourth-order valence-corrected chi connectivity index (χ4v) is 3.15. The number of methoxy groups -OCH3 is 1. The lowest BCUT2D eigenvalue weighted by Crippen LogP contribution is -1.96. The van der Waals surface area contributed by atoms with Gasteiger partial charge in [-0.25, -0.2) is 0 Å². The van der Waals surface area contributed by atoms with Crippen molar-refractivity contribution in [2.24, 2.45) is 0 Å². The number of alkyl halides is 1. The van der Waals surface area contributed by atoms with Crippen molar-refractivity contribution in [1.29, 1.82) is 0 Å². The molecule has 0 spiro atoms. The maximum absolute atomic E-state index is 6.20. The standard InChI is InChI=1S/C15H13BrCl2O/c1-19-12-5-2-10(3-6-12)8-14(16)13-9-11(17)4-7-15(13)18/h2-7,9,14H,8H2,1H3. The van der Waals surface area contributed by atoms with Crippen LogP contribution in [0.4, 0.5) is 0 Å². The van der Waals surface area contributed by atoms with Crippen molar-refractivity contribution in [1.82, 2.24) is 0 Å². The molecule has 0 radical (unpaired) electrons. The van der Waals surface area contributed by atoms with Crippen LogP contribution in [0.2, 0.25) is 10.0 Å². The highest BCUT2D eigenvalue weighted by molar-refractivity contribution is 9.09. The fraction of sp³-hybridized carbons (Fsp3) is 0.200. The SMILES string of the molecule is COc1ccc(CC(Br)c2cc(Cl)ccc2Cl)cc1. The first-order valence-electron chi connectivity index (χ1n) is 5.82. The molecule has 0 saturated carbocycles. The van der Waals surface area contributed by atoms with Crippen molar-refractivity contribution >= 4 is 39.1 Å². The molecule has 4 heteroatoms. The minimum absolute atomic E-state index is 0.132. The summed E-state index contributed by atoms with van der Waals surface area (Å²) in [6, 6.07) is 13.5. The van der Waals surface area contributed by atoms with Crippen LogP contribution < -0.4 is 4.74 Å². The van der Waals surface area contributed by atoms with E-state index in [-0.39, 0.29) is 4.83 Å². The molecule has 0 saturated heterocycles. The van der Waals surface area contributed by atoms with Gasteiger partial charge in [-0.15, -0.1) is 0 Å². The summed E-state index contributed by atoms with van der Waals surface area (Å²) < 4.78 is 5.14. The zero-order chi connectivity index (χ0) is 13.8. The van der Waals surface area contributed by atoms with Gasteiger partial charge >= 0.3 is 0 Å². The summed E-state index contributed by atoms with van der Waals surface area (Å²) in [7, 11) is 1.66. The Labute approximate surface area is 131 Å². The van der Waals surface area contributed by atoms with Crippen molar-refractivity contribution in [2.45, 2.75) is 11.2 Å². The Balaban J connectivity index is 2.15. The van der Waals surface area contributed by atoms with Crippen molar-refractivity contribution < 1.29 is 4.74 Å². The summed E-state index contributed by atoms with van der Waals surface area (Å²) in [5.74, 6) is 0.857. The van der Waals surface area contributed by atoms with Gasteiger partial charge in [0.2, 0.25) is 0 Å². The van der Waals surface area contributed by atoms with Crippen molar-refractivity contribution in [3.8, 4) is 5.75 Å². The molecule has 0 N–H and O–H groups in total. The zero-order valence-corrected chi connectivity index (χ0v) is 13.5. The van der Waals surface area contributed by atoms with Crippen LogP contribution in [0, 0.1) is 0 Å². The first-order valence-corrected chi connectivity index (χ1v) is 7.49. The van der Waals surface area contributed by atoms with Gasteiger partial charge in [-0.2, -0.15) is 0 Å². The number of benzene rings is 2. The Morgan fingerprint density at radius 3 is 2.42 bits per heavy atom. The molecular weight excluding hydrogens is 347 g/mol. The van der Waals surface area contributed by atoms with E-state index in [1.54, 1.807) is 13.2 Å². The minimum atomic E-state index is 0.132. The number of hydrogen-bond donors (Lipinski definition) is 0. The summed E-state index contributed by atoms with van der Waals surface area (Å²) in [6.07, 6.45) is 0.837. The Hall–Kier alpha value is -0.700. The van der Waals surface area contributed by atoms with Gasteiger partial charge < -0.3 is 4.74 Å². The smallest absolute Gasteiger partial charge is 0.118 e. The molecule has 1 unspecified atom stereocenters. The van der Waals surface area contributed by atoms with Crippen LogP contribution >= 0.6 is 39.1 Å². The Morgan fingerprint density at radius 2 is 1.79 bits per heavy atom. The van der Waals surface area contributed by atoms with Crippen molar-refractivity contribution in [2.75, 3.05) is 7.11 Å². The Morgan fingerprint density at radius 1 is 1.11 bits per heavy atom. The molecule has 19 heavy (non-hydrogen) atoms. The summed E-state index contributed by atoms with van der Waals surface area (Å²) in [5, 5.41) is 1.42. The summed E-state index contributed by atoms with van der Waals surface area (Å²) in [5.41, 5.74) is 2.21. The highest BCUT2D eigenvalue weighted by atomic mass is 79.9. The van der Waals surface area contributed by atoms with Crippen molar-refractivity contribution in [3.63, 3.8) is 0 Å². The second kappa shape index (κ2) is 6.65.